The van der Waals surface area contributed by atoms with Gasteiger partial charge >= 0.3 is 0 Å². The molecule has 0 aliphatic rings. The molecule has 318 valence electrons. The molecule has 1 amide bonds. The molecule has 3 heteroatoms. The highest BCUT2D eigenvalue weighted by Crippen LogP contribution is 2.28. The first kappa shape index (κ1) is 52.4. The van der Waals surface area contributed by atoms with E-state index in [0.29, 0.717) is 12.5 Å². The van der Waals surface area contributed by atoms with Crippen LogP contribution in [0.1, 0.15) is 237 Å². The molecule has 0 radical (unpaired) electrons. The van der Waals surface area contributed by atoms with Crippen molar-refractivity contribution in [2.75, 3.05) is 20.6 Å². The van der Waals surface area contributed by atoms with E-state index in [1.165, 1.54) is 128 Å². The van der Waals surface area contributed by atoms with Crippen LogP contribution < -0.4 is 5.32 Å². The molecule has 0 fully saturated rings. The maximum absolute atomic E-state index is 13.0. The third kappa shape index (κ3) is 34.4. The van der Waals surface area contributed by atoms with Crippen molar-refractivity contribution in [3.8, 4) is 0 Å². The number of rotatable bonds is 37. The molecule has 8 unspecified atom stereocenters. The van der Waals surface area contributed by atoms with E-state index in [0.717, 1.165) is 85.5 Å². The maximum Gasteiger partial charge on any atom is 0.220 e. The van der Waals surface area contributed by atoms with Gasteiger partial charge in [0.2, 0.25) is 5.91 Å². The molecule has 3 nitrogen and oxygen atoms in total. The monoisotopic (exact) mass is 747 g/mol. The zero-order chi connectivity index (χ0) is 40.0. The lowest BCUT2D eigenvalue weighted by atomic mass is 9.83. The molecular formula is C50H102N2O. The number of nitrogens with zero attached hydrogens (tertiary/aromatic N) is 1. The summed E-state index contributed by atoms with van der Waals surface area (Å²) in [6.45, 7) is 27.8. The van der Waals surface area contributed by atoms with Crippen molar-refractivity contribution in [1.29, 1.82) is 0 Å². The van der Waals surface area contributed by atoms with Gasteiger partial charge in [0.25, 0.3) is 0 Å². The molecule has 0 heterocycles. The van der Waals surface area contributed by atoms with E-state index in [2.05, 4.69) is 100 Å². The van der Waals surface area contributed by atoms with Crippen LogP contribution in [-0.4, -0.2) is 37.5 Å². The van der Waals surface area contributed by atoms with Crippen LogP contribution in [0.3, 0.4) is 0 Å². The third-order valence-corrected chi connectivity index (χ3v) is 13.1. The molecular weight excluding hydrogens is 645 g/mol. The van der Waals surface area contributed by atoms with Crippen molar-refractivity contribution in [3.63, 3.8) is 0 Å². The van der Waals surface area contributed by atoms with Crippen LogP contribution in [0.4, 0.5) is 0 Å². The Hall–Kier alpha value is -0.570. The second-order valence-electron chi connectivity index (χ2n) is 20.5. The van der Waals surface area contributed by atoms with Crippen LogP contribution in [-0.2, 0) is 4.79 Å². The molecule has 1 N–H and O–H groups in total. The number of amides is 1. The Labute approximate surface area is 336 Å². The van der Waals surface area contributed by atoms with Gasteiger partial charge in [-0.3, -0.25) is 4.79 Å². The number of hydrogen-bond acceptors (Lipinski definition) is 2. The summed E-state index contributed by atoms with van der Waals surface area (Å²) in [5.74, 6) is 7.75. The average molecular weight is 747 g/mol. The number of carbonyl (C=O) groups excluding carboxylic acids is 1. The molecule has 0 saturated carbocycles. The first-order chi connectivity index (χ1) is 25.1. The van der Waals surface area contributed by atoms with E-state index in [1.54, 1.807) is 0 Å². The minimum atomic E-state index is 0.282. The molecule has 0 aromatic rings. The fraction of sp³-hybridized carbons (Fsp3) is 0.980. The zero-order valence-electron chi connectivity index (χ0n) is 39.0. The third-order valence-electron chi connectivity index (χ3n) is 13.1. The van der Waals surface area contributed by atoms with Gasteiger partial charge in [-0.1, -0.05) is 198 Å². The van der Waals surface area contributed by atoms with Crippen molar-refractivity contribution >= 4 is 5.91 Å². The van der Waals surface area contributed by atoms with Crippen molar-refractivity contribution < 1.29 is 4.79 Å². The van der Waals surface area contributed by atoms with Crippen molar-refractivity contribution in [3.05, 3.63) is 0 Å². The Morgan fingerprint density at radius 1 is 0.396 bits per heavy atom. The number of hydrogen-bond donors (Lipinski definition) is 1. The Morgan fingerprint density at radius 2 is 0.736 bits per heavy atom. The van der Waals surface area contributed by atoms with E-state index in [4.69, 9.17) is 0 Å². The standard InChI is InChI=1S/C50H102N2O/c1-40(2)22-16-24-42(5)26-18-27-44(7)28-19-29-45(8)32-21-33-49(51-50(53)34-14-15-39-52(12)13)38-37-48(11)47(10)36-35-46(9)31-20-30-43(6)25-17-23-41(3)4/h40-49H,14-39H2,1-13H3,(H,51,53). The van der Waals surface area contributed by atoms with E-state index in [-0.39, 0.29) is 5.91 Å². The van der Waals surface area contributed by atoms with Crippen LogP contribution in [0.5, 0.6) is 0 Å². The van der Waals surface area contributed by atoms with E-state index < -0.39 is 0 Å². The summed E-state index contributed by atoms with van der Waals surface area (Å²) in [7, 11) is 4.24. The molecule has 0 aromatic heterocycles. The highest BCUT2D eigenvalue weighted by atomic mass is 16.1. The summed E-state index contributed by atoms with van der Waals surface area (Å²) in [4.78, 5) is 15.2. The van der Waals surface area contributed by atoms with Crippen LogP contribution in [0.15, 0.2) is 0 Å². The minimum absolute atomic E-state index is 0.282. The van der Waals surface area contributed by atoms with Gasteiger partial charge in [-0.15, -0.1) is 0 Å². The predicted molar refractivity (Wildman–Crippen MR) is 240 cm³/mol. The van der Waals surface area contributed by atoms with Gasteiger partial charge < -0.3 is 10.2 Å². The Kier molecular flexibility index (Phi) is 33.2. The quantitative estimate of drug-likeness (QED) is 0.0642. The molecule has 0 aromatic carbocycles. The molecule has 0 aliphatic heterocycles. The Morgan fingerprint density at radius 3 is 1.11 bits per heavy atom. The SMILES string of the molecule is CC(C)CCCC(C)CCCC(C)CCCC(C)CCCC(CCC(C)C(C)CCC(C)CCCC(C)CCCC(C)C)NC(=O)CCCCN(C)C. The van der Waals surface area contributed by atoms with Gasteiger partial charge in [0.05, 0.1) is 0 Å². The van der Waals surface area contributed by atoms with Crippen molar-refractivity contribution in [2.24, 2.45) is 53.3 Å². The predicted octanol–water partition coefficient (Wildman–Crippen LogP) is 15.5. The second-order valence-corrected chi connectivity index (χ2v) is 20.5. The highest BCUT2D eigenvalue weighted by Gasteiger charge is 2.19. The second kappa shape index (κ2) is 33.6. The van der Waals surface area contributed by atoms with Crippen molar-refractivity contribution in [1.82, 2.24) is 10.2 Å². The molecule has 0 spiro atoms. The normalized spacial score (nSPS) is 16.8. The van der Waals surface area contributed by atoms with Crippen LogP contribution in [0, 0.1) is 53.3 Å². The Balaban J connectivity index is 4.59. The maximum atomic E-state index is 13.0. The molecule has 0 aliphatic carbocycles. The van der Waals surface area contributed by atoms with Gasteiger partial charge in [0.1, 0.15) is 0 Å². The lowest BCUT2D eigenvalue weighted by Crippen LogP contribution is -2.35. The highest BCUT2D eigenvalue weighted by molar-refractivity contribution is 5.76. The molecule has 53 heavy (non-hydrogen) atoms. The van der Waals surface area contributed by atoms with Gasteiger partial charge in [0.15, 0.2) is 0 Å². The van der Waals surface area contributed by atoms with Crippen LogP contribution in [0.25, 0.3) is 0 Å². The van der Waals surface area contributed by atoms with Crippen LogP contribution in [0.2, 0.25) is 0 Å². The topological polar surface area (TPSA) is 32.3 Å². The number of carbonyl (C=O) groups is 1. The van der Waals surface area contributed by atoms with E-state index in [9.17, 15) is 4.79 Å². The summed E-state index contributed by atoms with van der Waals surface area (Å²) in [6, 6.07) is 0.340. The van der Waals surface area contributed by atoms with Gasteiger partial charge in [-0.05, 0) is 106 Å². The van der Waals surface area contributed by atoms with Crippen molar-refractivity contribution in [2.45, 2.75) is 243 Å². The summed E-state index contributed by atoms with van der Waals surface area (Å²) in [6.07, 6.45) is 32.6. The van der Waals surface area contributed by atoms with E-state index in [1.807, 2.05) is 0 Å². The lowest BCUT2D eigenvalue weighted by molar-refractivity contribution is -0.122. The number of unbranched alkanes of at least 4 members (excludes halogenated alkanes) is 1. The lowest BCUT2D eigenvalue weighted by Gasteiger charge is -2.25. The zero-order valence-corrected chi connectivity index (χ0v) is 39.0. The smallest absolute Gasteiger partial charge is 0.220 e. The minimum Gasteiger partial charge on any atom is -0.353 e. The molecule has 8 atom stereocenters. The first-order valence-electron chi connectivity index (χ1n) is 24.0. The fourth-order valence-electron chi connectivity index (χ4n) is 8.51. The first-order valence-corrected chi connectivity index (χ1v) is 24.0. The summed E-state index contributed by atoms with van der Waals surface area (Å²) >= 11 is 0. The molecule has 0 bridgehead atoms. The number of nitrogens with one attached hydrogen (secondary N) is 1. The fourth-order valence-corrected chi connectivity index (χ4v) is 8.51. The largest absolute Gasteiger partial charge is 0.353 e. The van der Waals surface area contributed by atoms with Gasteiger partial charge in [0, 0.05) is 12.5 Å². The summed E-state index contributed by atoms with van der Waals surface area (Å²) in [5, 5.41) is 3.52. The summed E-state index contributed by atoms with van der Waals surface area (Å²) in [5.41, 5.74) is 0. The van der Waals surface area contributed by atoms with Crippen LogP contribution >= 0.6 is 0 Å². The average Bonchev–Trinajstić information content (AvgIpc) is 3.07. The van der Waals surface area contributed by atoms with Gasteiger partial charge in [-0.2, -0.15) is 0 Å². The molecule has 0 rings (SSSR count). The molecule has 0 saturated heterocycles. The van der Waals surface area contributed by atoms with Gasteiger partial charge in [-0.25, -0.2) is 0 Å². The Bertz CT molecular complexity index is 807. The van der Waals surface area contributed by atoms with E-state index >= 15 is 0 Å². The summed E-state index contributed by atoms with van der Waals surface area (Å²) < 4.78 is 0.